The summed E-state index contributed by atoms with van der Waals surface area (Å²) in [5.41, 5.74) is 3.44. The van der Waals surface area contributed by atoms with Crippen molar-refractivity contribution in [3.8, 4) is 17.2 Å². The van der Waals surface area contributed by atoms with Crippen LogP contribution in [0.25, 0.3) is 0 Å². The summed E-state index contributed by atoms with van der Waals surface area (Å²) in [5.74, 6) is 0.942. The van der Waals surface area contributed by atoms with Crippen molar-refractivity contribution in [2.75, 3.05) is 27.4 Å². The Morgan fingerprint density at radius 2 is 1.83 bits per heavy atom. The summed E-state index contributed by atoms with van der Waals surface area (Å²) in [5, 5.41) is 6.43. The Kier molecular flexibility index (Phi) is 8.50. The number of para-hydroxylation sites is 1. The highest BCUT2D eigenvalue weighted by atomic mass is 16.5. The third-order valence-electron chi connectivity index (χ3n) is 3.83. The average molecular weight is 399 g/mol. The number of nitrogens with one attached hydrogen (secondary N) is 2. The van der Waals surface area contributed by atoms with E-state index in [4.69, 9.17) is 14.2 Å². The summed E-state index contributed by atoms with van der Waals surface area (Å²) in [6.07, 6.45) is 2.35. The molecule has 0 aliphatic rings. The van der Waals surface area contributed by atoms with E-state index in [0.29, 0.717) is 35.0 Å². The Labute approximate surface area is 169 Å². The van der Waals surface area contributed by atoms with Crippen LogP contribution in [0.3, 0.4) is 0 Å². The highest BCUT2D eigenvalue weighted by Gasteiger charge is 2.09. The molecule has 2 aromatic rings. The molecule has 2 N–H and O–H groups in total. The third kappa shape index (κ3) is 6.53. The third-order valence-corrected chi connectivity index (χ3v) is 3.83. The Morgan fingerprint density at radius 1 is 1.07 bits per heavy atom. The second-order valence-electron chi connectivity index (χ2n) is 5.93. The monoisotopic (exact) mass is 399 g/mol. The normalized spacial score (nSPS) is 10.4. The molecule has 154 valence electrons. The second kappa shape index (κ2) is 11.3. The van der Waals surface area contributed by atoms with Gasteiger partial charge in [-0.3, -0.25) is 9.59 Å². The molecular formula is C21H25N3O5. The van der Waals surface area contributed by atoms with Gasteiger partial charge in [0.05, 0.1) is 33.6 Å². The zero-order valence-electron chi connectivity index (χ0n) is 16.7. The van der Waals surface area contributed by atoms with Crippen LogP contribution in [-0.2, 0) is 4.79 Å². The van der Waals surface area contributed by atoms with Gasteiger partial charge in [-0.05, 0) is 42.8 Å². The molecule has 8 nitrogen and oxygen atoms in total. The molecule has 0 atom stereocenters. The van der Waals surface area contributed by atoms with Gasteiger partial charge in [0.25, 0.3) is 11.8 Å². The highest BCUT2D eigenvalue weighted by molar-refractivity contribution is 5.96. The minimum Gasteiger partial charge on any atom is -0.494 e. The fraction of sp³-hybridized carbons (Fsp3) is 0.286. The fourth-order valence-corrected chi connectivity index (χ4v) is 2.41. The minimum atomic E-state index is -0.459. The molecule has 0 saturated heterocycles. The van der Waals surface area contributed by atoms with Crippen LogP contribution < -0.4 is 25.0 Å². The van der Waals surface area contributed by atoms with E-state index in [-0.39, 0.29) is 12.5 Å². The number of carbonyl (C=O) groups excluding carboxylic acids is 2. The summed E-state index contributed by atoms with van der Waals surface area (Å²) in [6.45, 7) is 2.43. The lowest BCUT2D eigenvalue weighted by molar-refractivity contribution is -0.120. The Balaban J connectivity index is 1.84. The predicted molar refractivity (Wildman–Crippen MR) is 110 cm³/mol. The van der Waals surface area contributed by atoms with E-state index in [9.17, 15) is 9.59 Å². The summed E-state index contributed by atoms with van der Waals surface area (Å²) >= 11 is 0. The van der Waals surface area contributed by atoms with E-state index in [1.807, 2.05) is 6.92 Å². The number of amides is 2. The van der Waals surface area contributed by atoms with Crippen molar-refractivity contribution in [3.63, 3.8) is 0 Å². The molecule has 0 saturated carbocycles. The maximum atomic E-state index is 12.1. The summed E-state index contributed by atoms with van der Waals surface area (Å²) in [6, 6.07) is 12.0. The molecule has 0 fully saturated rings. The van der Waals surface area contributed by atoms with Crippen molar-refractivity contribution in [2.24, 2.45) is 5.10 Å². The van der Waals surface area contributed by atoms with Gasteiger partial charge in [-0.2, -0.15) is 5.10 Å². The van der Waals surface area contributed by atoms with Crippen molar-refractivity contribution in [1.29, 1.82) is 0 Å². The lowest BCUT2D eigenvalue weighted by atomic mass is 10.2. The summed E-state index contributed by atoms with van der Waals surface area (Å²) < 4.78 is 16.0. The lowest BCUT2D eigenvalue weighted by Crippen LogP contribution is -2.34. The maximum Gasteiger partial charge on any atom is 0.259 e. The topological polar surface area (TPSA) is 98.2 Å². The number of hydrogen-bond donors (Lipinski definition) is 2. The van der Waals surface area contributed by atoms with Crippen LogP contribution in [-0.4, -0.2) is 45.4 Å². The standard InChI is InChI=1S/C21H25N3O5/c1-4-12-29-17-10-8-15(9-11-17)21(26)22-14-19(25)24-23-13-16-6-5-7-18(27-2)20(16)28-3/h5-11,13H,4,12,14H2,1-3H3,(H,22,26)(H,24,25). The molecule has 2 amide bonds. The van der Waals surface area contributed by atoms with Gasteiger partial charge in [0.1, 0.15) is 5.75 Å². The van der Waals surface area contributed by atoms with Gasteiger partial charge in [-0.25, -0.2) is 5.43 Å². The van der Waals surface area contributed by atoms with Crippen molar-refractivity contribution in [3.05, 3.63) is 53.6 Å². The SMILES string of the molecule is CCCOc1ccc(C(=O)NCC(=O)NN=Cc2cccc(OC)c2OC)cc1. The van der Waals surface area contributed by atoms with E-state index in [1.165, 1.54) is 20.4 Å². The summed E-state index contributed by atoms with van der Waals surface area (Å²) in [7, 11) is 3.06. The summed E-state index contributed by atoms with van der Waals surface area (Å²) in [4.78, 5) is 24.0. The van der Waals surface area contributed by atoms with Crippen LogP contribution in [0.4, 0.5) is 0 Å². The molecule has 29 heavy (non-hydrogen) atoms. The zero-order valence-corrected chi connectivity index (χ0v) is 16.7. The van der Waals surface area contributed by atoms with Gasteiger partial charge in [-0.15, -0.1) is 0 Å². The number of benzene rings is 2. The van der Waals surface area contributed by atoms with Crippen LogP contribution in [0.1, 0.15) is 29.3 Å². The van der Waals surface area contributed by atoms with Gasteiger partial charge in [0.15, 0.2) is 11.5 Å². The molecule has 2 rings (SSSR count). The molecule has 0 heterocycles. The van der Waals surface area contributed by atoms with Crippen molar-refractivity contribution in [2.45, 2.75) is 13.3 Å². The quantitative estimate of drug-likeness (QED) is 0.472. The molecule has 0 spiro atoms. The van der Waals surface area contributed by atoms with Crippen molar-refractivity contribution < 1.29 is 23.8 Å². The van der Waals surface area contributed by atoms with E-state index in [1.54, 1.807) is 42.5 Å². The average Bonchev–Trinajstić information content (AvgIpc) is 2.76. The second-order valence-corrected chi connectivity index (χ2v) is 5.93. The molecule has 8 heteroatoms. The van der Waals surface area contributed by atoms with Gasteiger partial charge >= 0.3 is 0 Å². The zero-order chi connectivity index (χ0) is 21.1. The number of hydrogen-bond acceptors (Lipinski definition) is 6. The van der Waals surface area contributed by atoms with Crippen LogP contribution in [0.5, 0.6) is 17.2 Å². The molecule has 0 unspecified atom stereocenters. The number of nitrogens with zero attached hydrogens (tertiary/aromatic N) is 1. The van der Waals surface area contributed by atoms with E-state index >= 15 is 0 Å². The molecule has 0 bridgehead atoms. The molecule has 0 aliphatic heterocycles. The number of hydrazone groups is 1. The molecule has 0 radical (unpaired) electrons. The Morgan fingerprint density at radius 3 is 2.48 bits per heavy atom. The number of rotatable bonds is 10. The van der Waals surface area contributed by atoms with Crippen molar-refractivity contribution in [1.82, 2.24) is 10.7 Å². The lowest BCUT2D eigenvalue weighted by Gasteiger charge is -2.09. The Bertz CT molecular complexity index is 850. The molecule has 0 aliphatic carbocycles. The van der Waals surface area contributed by atoms with Crippen LogP contribution in [0.15, 0.2) is 47.6 Å². The van der Waals surface area contributed by atoms with E-state index < -0.39 is 5.91 Å². The van der Waals surface area contributed by atoms with Crippen LogP contribution in [0.2, 0.25) is 0 Å². The van der Waals surface area contributed by atoms with Gasteiger partial charge in [0.2, 0.25) is 0 Å². The Hall–Kier alpha value is -3.55. The van der Waals surface area contributed by atoms with Gasteiger partial charge in [0, 0.05) is 11.1 Å². The first-order valence-electron chi connectivity index (χ1n) is 9.13. The fourth-order valence-electron chi connectivity index (χ4n) is 2.41. The number of methoxy groups -OCH3 is 2. The molecule has 2 aromatic carbocycles. The first kappa shape index (κ1) is 21.7. The number of carbonyl (C=O) groups is 2. The van der Waals surface area contributed by atoms with Gasteiger partial charge in [-0.1, -0.05) is 13.0 Å². The maximum absolute atomic E-state index is 12.1. The van der Waals surface area contributed by atoms with Crippen LogP contribution in [0, 0.1) is 0 Å². The largest absolute Gasteiger partial charge is 0.494 e. The van der Waals surface area contributed by atoms with E-state index in [2.05, 4.69) is 15.8 Å². The first-order valence-corrected chi connectivity index (χ1v) is 9.13. The van der Waals surface area contributed by atoms with Crippen molar-refractivity contribution >= 4 is 18.0 Å². The van der Waals surface area contributed by atoms with E-state index in [0.717, 1.165) is 6.42 Å². The smallest absolute Gasteiger partial charge is 0.259 e. The predicted octanol–water partition coefficient (Wildman–Crippen LogP) is 2.37. The first-order chi connectivity index (χ1) is 14.1. The van der Waals surface area contributed by atoms with Crippen LogP contribution >= 0.6 is 0 Å². The molecule has 0 aromatic heterocycles. The number of ether oxygens (including phenoxy) is 3. The molecular weight excluding hydrogens is 374 g/mol. The highest BCUT2D eigenvalue weighted by Crippen LogP contribution is 2.29. The minimum absolute atomic E-state index is 0.209. The van der Waals surface area contributed by atoms with Gasteiger partial charge < -0.3 is 19.5 Å².